The number of nitriles is 1. The van der Waals surface area contributed by atoms with Crippen LogP contribution in [-0.2, 0) is 0 Å². The van der Waals surface area contributed by atoms with Crippen LogP contribution in [0, 0.1) is 11.3 Å². The molecule has 0 unspecified atom stereocenters. The summed E-state index contributed by atoms with van der Waals surface area (Å²) >= 11 is 0. The largest absolute Gasteiger partial charge is 0.488 e. The summed E-state index contributed by atoms with van der Waals surface area (Å²) in [5.74, 6) is -0.363. The number of carbonyl (C=O) groups excluding carboxylic acids is 1. The van der Waals surface area contributed by atoms with E-state index in [4.69, 9.17) is 15.7 Å². The van der Waals surface area contributed by atoms with Gasteiger partial charge in [-0.1, -0.05) is 0 Å². The zero-order chi connectivity index (χ0) is 10.8. The Kier molecular flexibility index (Phi) is 2.26. The predicted molar refractivity (Wildman–Crippen MR) is 51.1 cm³/mol. The molecule has 15 heavy (non-hydrogen) atoms. The van der Waals surface area contributed by atoms with Gasteiger partial charge in [-0.15, -0.1) is 0 Å². The van der Waals surface area contributed by atoms with E-state index in [0.717, 1.165) is 12.8 Å². The molecule has 0 bridgehead atoms. The number of primary amides is 1. The number of hydrogen-bond donors (Lipinski definition) is 1. The second-order valence-electron chi connectivity index (χ2n) is 3.36. The molecule has 2 N–H and O–H groups in total. The molecule has 0 atom stereocenters. The fraction of sp³-hybridized carbons (Fsp3) is 0.300. The average molecular weight is 203 g/mol. The van der Waals surface area contributed by atoms with E-state index in [2.05, 4.69) is 4.98 Å². The lowest BCUT2D eigenvalue weighted by Gasteiger charge is -2.09. The zero-order valence-electron chi connectivity index (χ0n) is 7.93. The Morgan fingerprint density at radius 3 is 2.87 bits per heavy atom. The van der Waals surface area contributed by atoms with Crippen LogP contribution in [0.5, 0.6) is 5.75 Å². The van der Waals surface area contributed by atoms with Crippen molar-refractivity contribution in [3.63, 3.8) is 0 Å². The maximum Gasteiger partial charge on any atom is 0.254 e. The summed E-state index contributed by atoms with van der Waals surface area (Å²) in [5, 5.41) is 8.84. The molecule has 0 saturated heterocycles. The van der Waals surface area contributed by atoms with Crippen LogP contribution in [0.25, 0.3) is 0 Å². The molecule has 0 aliphatic heterocycles. The van der Waals surface area contributed by atoms with Gasteiger partial charge in [-0.05, 0) is 12.8 Å². The molecule has 1 fully saturated rings. The van der Waals surface area contributed by atoms with Gasteiger partial charge in [0.2, 0.25) is 0 Å². The van der Waals surface area contributed by atoms with Gasteiger partial charge in [0.05, 0.1) is 6.10 Å². The molecule has 0 aromatic carbocycles. The van der Waals surface area contributed by atoms with Crippen molar-refractivity contribution in [2.75, 3.05) is 0 Å². The monoisotopic (exact) mass is 203 g/mol. The minimum absolute atomic E-state index is 0.109. The molecule has 76 valence electrons. The SMILES string of the molecule is N#Cc1cncc(C(N)=O)c1OC1CC1. The minimum Gasteiger partial charge on any atom is -0.488 e. The maximum atomic E-state index is 11.1. The van der Waals surface area contributed by atoms with Crippen LogP contribution < -0.4 is 10.5 Å². The fourth-order valence-corrected chi connectivity index (χ4v) is 1.18. The van der Waals surface area contributed by atoms with Crippen LogP contribution in [0.3, 0.4) is 0 Å². The van der Waals surface area contributed by atoms with Crippen LogP contribution in [0.4, 0.5) is 0 Å². The molecule has 1 amide bonds. The Balaban J connectivity index is 2.44. The molecule has 1 aliphatic carbocycles. The van der Waals surface area contributed by atoms with Gasteiger partial charge < -0.3 is 10.5 Å². The predicted octanol–water partition coefficient (Wildman–Crippen LogP) is 0.593. The first-order chi connectivity index (χ1) is 7.22. The first kappa shape index (κ1) is 9.46. The first-order valence-electron chi connectivity index (χ1n) is 4.57. The van der Waals surface area contributed by atoms with E-state index >= 15 is 0 Å². The van der Waals surface area contributed by atoms with E-state index in [9.17, 15) is 4.79 Å². The highest BCUT2D eigenvalue weighted by atomic mass is 16.5. The van der Waals surface area contributed by atoms with Gasteiger partial charge in [0.1, 0.15) is 17.2 Å². The first-order valence-corrected chi connectivity index (χ1v) is 4.57. The summed E-state index contributed by atoms with van der Waals surface area (Å²) in [6, 6.07) is 1.93. The summed E-state index contributed by atoms with van der Waals surface area (Å²) in [6.07, 6.45) is 4.69. The highest BCUT2D eigenvalue weighted by Gasteiger charge is 2.27. The van der Waals surface area contributed by atoms with E-state index in [1.165, 1.54) is 12.4 Å². The van der Waals surface area contributed by atoms with Gasteiger partial charge in [-0.3, -0.25) is 9.78 Å². The Labute approximate surface area is 86.5 Å². The van der Waals surface area contributed by atoms with Crippen LogP contribution in [0.2, 0.25) is 0 Å². The standard InChI is InChI=1S/C10H9N3O2/c11-3-6-4-13-5-8(10(12)14)9(6)15-7-1-2-7/h4-5,7H,1-2H2,(H2,12,14). The van der Waals surface area contributed by atoms with E-state index in [0.29, 0.717) is 0 Å². The number of pyridine rings is 1. The molecule has 1 aromatic heterocycles. The normalized spacial score (nSPS) is 14.3. The Morgan fingerprint density at radius 1 is 1.60 bits per heavy atom. The molecule has 5 nitrogen and oxygen atoms in total. The summed E-state index contributed by atoms with van der Waals surface area (Å²) in [7, 11) is 0. The topological polar surface area (TPSA) is 89.0 Å². The lowest BCUT2D eigenvalue weighted by molar-refractivity contribution is 0.0995. The highest BCUT2D eigenvalue weighted by molar-refractivity contribution is 5.96. The third kappa shape index (κ3) is 1.89. The number of carbonyl (C=O) groups is 1. The van der Waals surface area contributed by atoms with Crippen molar-refractivity contribution in [1.82, 2.24) is 4.98 Å². The molecule has 1 aliphatic rings. The summed E-state index contributed by atoms with van der Waals surface area (Å²) in [6.45, 7) is 0. The molecule has 0 spiro atoms. The van der Waals surface area contributed by atoms with E-state index in [-0.39, 0.29) is 23.0 Å². The van der Waals surface area contributed by atoms with Crippen molar-refractivity contribution in [3.8, 4) is 11.8 Å². The lowest BCUT2D eigenvalue weighted by atomic mass is 10.2. The van der Waals surface area contributed by atoms with E-state index < -0.39 is 5.91 Å². The zero-order valence-corrected chi connectivity index (χ0v) is 7.93. The van der Waals surface area contributed by atoms with Crippen LogP contribution in [0.15, 0.2) is 12.4 Å². The number of rotatable bonds is 3. The van der Waals surface area contributed by atoms with Crippen molar-refractivity contribution in [2.24, 2.45) is 5.73 Å². The van der Waals surface area contributed by atoms with Gasteiger partial charge in [-0.25, -0.2) is 0 Å². The van der Waals surface area contributed by atoms with Gasteiger partial charge in [0, 0.05) is 12.4 Å². The number of ether oxygens (including phenoxy) is 1. The Bertz CT molecular complexity index is 446. The number of nitrogens with two attached hydrogens (primary N) is 1. The molecule has 2 rings (SSSR count). The lowest BCUT2D eigenvalue weighted by Crippen LogP contribution is -2.15. The van der Waals surface area contributed by atoms with Crippen molar-refractivity contribution in [2.45, 2.75) is 18.9 Å². The highest BCUT2D eigenvalue weighted by Crippen LogP contribution is 2.30. The molecule has 5 heteroatoms. The molecule has 0 radical (unpaired) electrons. The number of nitrogens with zero attached hydrogens (tertiary/aromatic N) is 2. The molecule has 1 saturated carbocycles. The van der Waals surface area contributed by atoms with Crippen molar-refractivity contribution in [1.29, 1.82) is 5.26 Å². The smallest absolute Gasteiger partial charge is 0.254 e. The number of aromatic nitrogens is 1. The molecular formula is C10H9N3O2. The van der Waals surface area contributed by atoms with Crippen LogP contribution >= 0.6 is 0 Å². The maximum absolute atomic E-state index is 11.1. The fourth-order valence-electron chi connectivity index (χ4n) is 1.18. The van der Waals surface area contributed by atoms with Gasteiger partial charge in [0.25, 0.3) is 5.91 Å². The number of hydrogen-bond acceptors (Lipinski definition) is 4. The van der Waals surface area contributed by atoms with Crippen LogP contribution in [-0.4, -0.2) is 17.0 Å². The van der Waals surface area contributed by atoms with E-state index in [1.54, 1.807) is 0 Å². The summed E-state index contributed by atoms with van der Waals surface area (Å²) in [4.78, 5) is 14.8. The summed E-state index contributed by atoms with van der Waals surface area (Å²) in [5.41, 5.74) is 5.58. The van der Waals surface area contributed by atoms with Gasteiger partial charge in [0.15, 0.2) is 5.75 Å². The average Bonchev–Trinajstić information content (AvgIpc) is 3.01. The van der Waals surface area contributed by atoms with Crippen molar-refractivity contribution < 1.29 is 9.53 Å². The van der Waals surface area contributed by atoms with Gasteiger partial charge >= 0.3 is 0 Å². The molecule has 1 heterocycles. The van der Waals surface area contributed by atoms with Crippen molar-refractivity contribution >= 4 is 5.91 Å². The third-order valence-corrected chi connectivity index (χ3v) is 2.09. The number of amides is 1. The quantitative estimate of drug-likeness (QED) is 0.778. The minimum atomic E-state index is -0.629. The second-order valence-corrected chi connectivity index (χ2v) is 3.36. The second kappa shape index (κ2) is 3.58. The van der Waals surface area contributed by atoms with Crippen LogP contribution in [0.1, 0.15) is 28.8 Å². The summed E-state index contributed by atoms with van der Waals surface area (Å²) < 4.78 is 5.48. The molecular weight excluding hydrogens is 194 g/mol. The Morgan fingerprint density at radius 2 is 2.33 bits per heavy atom. The van der Waals surface area contributed by atoms with E-state index in [1.807, 2.05) is 6.07 Å². The third-order valence-electron chi connectivity index (χ3n) is 2.09. The molecule has 1 aromatic rings. The Hall–Kier alpha value is -2.09. The van der Waals surface area contributed by atoms with Gasteiger partial charge in [-0.2, -0.15) is 5.26 Å². The van der Waals surface area contributed by atoms with Crippen molar-refractivity contribution in [3.05, 3.63) is 23.5 Å².